The molecule has 1 saturated heterocycles. The van der Waals surface area contributed by atoms with Crippen molar-refractivity contribution in [3.8, 4) is 0 Å². The maximum absolute atomic E-state index is 12.3. The number of anilines is 4. The lowest BCUT2D eigenvalue weighted by molar-refractivity contribution is 0.0966. The van der Waals surface area contributed by atoms with Crippen LogP contribution in [-0.4, -0.2) is 39.9 Å². The van der Waals surface area contributed by atoms with Gasteiger partial charge in [0, 0.05) is 18.3 Å². The molecule has 1 fully saturated rings. The average Bonchev–Trinajstić information content (AvgIpc) is 3.48. The molecular weight excluding hydrogens is 460 g/mol. The van der Waals surface area contributed by atoms with Gasteiger partial charge in [-0.2, -0.15) is 4.98 Å². The first-order valence-electron chi connectivity index (χ1n) is 12.5. The number of aryl methyl sites for hydroxylation is 2. The molecule has 3 aliphatic rings. The highest BCUT2D eigenvalue weighted by Gasteiger charge is 2.25. The van der Waals surface area contributed by atoms with E-state index in [1.807, 2.05) is 18.2 Å². The first-order chi connectivity index (χ1) is 17.1. The van der Waals surface area contributed by atoms with E-state index in [1.165, 1.54) is 49.9 Å². The highest BCUT2D eigenvalue weighted by molar-refractivity contribution is 6.33. The zero-order chi connectivity index (χ0) is 23.8. The van der Waals surface area contributed by atoms with E-state index >= 15 is 0 Å². The molecule has 3 heterocycles. The second-order valence-electron chi connectivity index (χ2n) is 9.62. The van der Waals surface area contributed by atoms with Gasteiger partial charge in [0.1, 0.15) is 5.02 Å². The summed E-state index contributed by atoms with van der Waals surface area (Å²) in [5.41, 5.74) is 6.11. The van der Waals surface area contributed by atoms with Gasteiger partial charge < -0.3 is 20.9 Å². The fraction of sp³-hybridized carbons (Fsp3) is 0.370. The Balaban J connectivity index is 1.19. The van der Waals surface area contributed by atoms with Gasteiger partial charge in [-0.3, -0.25) is 4.79 Å². The summed E-state index contributed by atoms with van der Waals surface area (Å²) in [6, 6.07) is 13.0. The van der Waals surface area contributed by atoms with E-state index in [2.05, 4.69) is 49.0 Å². The summed E-state index contributed by atoms with van der Waals surface area (Å²) < 4.78 is 0. The van der Waals surface area contributed by atoms with Gasteiger partial charge in [-0.1, -0.05) is 29.8 Å². The highest BCUT2D eigenvalue weighted by atomic mass is 35.5. The molecule has 0 radical (unpaired) electrons. The van der Waals surface area contributed by atoms with Crippen LogP contribution in [0, 0.1) is 0 Å². The third-order valence-corrected chi connectivity index (χ3v) is 7.70. The molecule has 35 heavy (non-hydrogen) atoms. The van der Waals surface area contributed by atoms with Crippen LogP contribution in [0.25, 0.3) is 0 Å². The summed E-state index contributed by atoms with van der Waals surface area (Å²) in [5.74, 6) is 0.821. The quantitative estimate of drug-likeness (QED) is 0.428. The SMILES string of the molecule is O=C1NCc2cccc(Nc3nc(Nc4ccc5c(c4)CCC(N4CCCC4)CC5)ncc3Cl)c21. The standard InChI is InChI=1S/C27H29ClN6O/c28-22-16-30-27(33-25(22)32-23-5-3-4-19-15-29-26(35)24(19)23)31-20-9-6-17-7-10-21(11-8-18(17)14-20)34-12-1-2-13-34/h3-6,9,14,16,21H,1-2,7-8,10-13,15H2,(H,29,35)(H2,30,31,32,33). The summed E-state index contributed by atoms with van der Waals surface area (Å²) in [6.07, 6.45) is 8.96. The van der Waals surface area contributed by atoms with Crippen molar-refractivity contribution in [3.63, 3.8) is 0 Å². The molecule has 1 aromatic heterocycles. The van der Waals surface area contributed by atoms with E-state index in [0.29, 0.717) is 40.6 Å². The minimum absolute atomic E-state index is 0.0939. The Morgan fingerprint density at radius 3 is 2.69 bits per heavy atom. The number of carbonyl (C=O) groups excluding carboxylic acids is 1. The summed E-state index contributed by atoms with van der Waals surface area (Å²) in [6.45, 7) is 3.05. The van der Waals surface area contributed by atoms with Crippen molar-refractivity contribution in [2.45, 2.75) is 51.1 Å². The first kappa shape index (κ1) is 22.3. The Morgan fingerprint density at radius 1 is 1.00 bits per heavy atom. The normalized spacial score (nSPS) is 19.6. The number of nitrogens with zero attached hydrogens (tertiary/aromatic N) is 3. The van der Waals surface area contributed by atoms with Crippen molar-refractivity contribution in [2.24, 2.45) is 0 Å². The predicted octanol–water partition coefficient (Wildman–Crippen LogP) is 5.20. The van der Waals surface area contributed by atoms with Gasteiger partial charge in [-0.25, -0.2) is 4.98 Å². The number of rotatable bonds is 5. The Bertz CT molecular complexity index is 1270. The third-order valence-electron chi connectivity index (χ3n) is 7.43. The van der Waals surface area contributed by atoms with E-state index in [4.69, 9.17) is 11.6 Å². The highest BCUT2D eigenvalue weighted by Crippen LogP contribution is 2.31. The van der Waals surface area contributed by atoms with E-state index in [9.17, 15) is 4.79 Å². The Hall–Kier alpha value is -3.16. The fourth-order valence-electron chi connectivity index (χ4n) is 5.60. The monoisotopic (exact) mass is 488 g/mol. The molecule has 1 unspecified atom stereocenters. The second-order valence-corrected chi connectivity index (χ2v) is 10.0. The average molecular weight is 489 g/mol. The van der Waals surface area contributed by atoms with Crippen molar-refractivity contribution < 1.29 is 4.79 Å². The molecule has 1 aliphatic carbocycles. The van der Waals surface area contributed by atoms with Crippen LogP contribution >= 0.6 is 11.6 Å². The van der Waals surface area contributed by atoms with Crippen molar-refractivity contribution in [2.75, 3.05) is 23.7 Å². The van der Waals surface area contributed by atoms with Crippen LogP contribution in [0.4, 0.5) is 23.1 Å². The van der Waals surface area contributed by atoms with Crippen molar-refractivity contribution in [3.05, 3.63) is 69.9 Å². The lowest BCUT2D eigenvalue weighted by Gasteiger charge is -2.25. The van der Waals surface area contributed by atoms with Crippen LogP contribution in [0.15, 0.2) is 42.6 Å². The van der Waals surface area contributed by atoms with Crippen molar-refractivity contribution >= 4 is 40.6 Å². The Kier molecular flexibility index (Phi) is 6.04. The number of hydrogen-bond donors (Lipinski definition) is 3. The van der Waals surface area contributed by atoms with Crippen LogP contribution in [0.3, 0.4) is 0 Å². The zero-order valence-corrected chi connectivity index (χ0v) is 20.4. The molecule has 3 aromatic rings. The number of benzene rings is 2. The Labute approximate surface area is 210 Å². The molecule has 2 aliphatic heterocycles. The molecule has 180 valence electrons. The maximum Gasteiger partial charge on any atom is 0.254 e. The summed E-state index contributed by atoms with van der Waals surface area (Å²) in [7, 11) is 0. The topological polar surface area (TPSA) is 82.2 Å². The smallest absolute Gasteiger partial charge is 0.254 e. The fourth-order valence-corrected chi connectivity index (χ4v) is 5.73. The number of carbonyl (C=O) groups is 1. The molecule has 2 aromatic carbocycles. The molecule has 0 bridgehead atoms. The lowest BCUT2D eigenvalue weighted by atomic mass is 10.0. The minimum atomic E-state index is -0.0939. The van der Waals surface area contributed by atoms with Crippen LogP contribution < -0.4 is 16.0 Å². The molecule has 1 amide bonds. The summed E-state index contributed by atoms with van der Waals surface area (Å²) in [5, 5.41) is 9.82. The number of fused-ring (bicyclic) bond motifs is 2. The van der Waals surface area contributed by atoms with Crippen LogP contribution in [-0.2, 0) is 19.4 Å². The van der Waals surface area contributed by atoms with Gasteiger partial charge in [0.15, 0.2) is 5.82 Å². The second kappa shape index (κ2) is 9.47. The molecule has 8 heteroatoms. The number of hydrogen-bond acceptors (Lipinski definition) is 6. The largest absolute Gasteiger partial charge is 0.348 e. The van der Waals surface area contributed by atoms with Crippen molar-refractivity contribution in [1.29, 1.82) is 0 Å². The van der Waals surface area contributed by atoms with E-state index in [1.54, 1.807) is 6.20 Å². The predicted molar refractivity (Wildman–Crippen MR) is 139 cm³/mol. The first-order valence-corrected chi connectivity index (χ1v) is 12.8. The van der Waals surface area contributed by atoms with Gasteiger partial charge in [-0.05, 0) is 86.5 Å². The third kappa shape index (κ3) is 4.58. The van der Waals surface area contributed by atoms with Gasteiger partial charge in [-0.15, -0.1) is 0 Å². The summed E-state index contributed by atoms with van der Waals surface area (Å²) in [4.78, 5) is 23.9. The molecular formula is C27H29ClN6O. The van der Waals surface area contributed by atoms with E-state index in [0.717, 1.165) is 24.1 Å². The lowest BCUT2D eigenvalue weighted by Crippen LogP contribution is -2.32. The molecule has 3 N–H and O–H groups in total. The number of likely N-dealkylation sites (tertiary alicyclic amines) is 1. The molecule has 1 atom stereocenters. The summed E-state index contributed by atoms with van der Waals surface area (Å²) >= 11 is 6.40. The maximum atomic E-state index is 12.3. The van der Waals surface area contributed by atoms with Crippen LogP contribution in [0.2, 0.25) is 5.02 Å². The van der Waals surface area contributed by atoms with Gasteiger partial charge in [0.05, 0.1) is 17.4 Å². The van der Waals surface area contributed by atoms with Gasteiger partial charge in [0.2, 0.25) is 5.95 Å². The molecule has 6 rings (SSSR count). The number of aromatic nitrogens is 2. The van der Waals surface area contributed by atoms with E-state index in [-0.39, 0.29) is 5.91 Å². The zero-order valence-electron chi connectivity index (χ0n) is 19.6. The number of nitrogens with one attached hydrogen (secondary N) is 3. The van der Waals surface area contributed by atoms with Crippen LogP contribution in [0.1, 0.15) is 52.7 Å². The minimum Gasteiger partial charge on any atom is -0.348 e. The van der Waals surface area contributed by atoms with E-state index < -0.39 is 0 Å². The molecule has 7 nitrogen and oxygen atoms in total. The van der Waals surface area contributed by atoms with Crippen molar-refractivity contribution in [1.82, 2.24) is 20.2 Å². The number of amides is 1. The Morgan fingerprint density at radius 2 is 1.83 bits per heavy atom. The van der Waals surface area contributed by atoms with Gasteiger partial charge >= 0.3 is 0 Å². The number of halogens is 1. The molecule has 0 saturated carbocycles. The molecule has 0 spiro atoms. The van der Waals surface area contributed by atoms with Crippen LogP contribution in [0.5, 0.6) is 0 Å². The van der Waals surface area contributed by atoms with Gasteiger partial charge in [0.25, 0.3) is 5.91 Å².